The summed E-state index contributed by atoms with van der Waals surface area (Å²) in [4.78, 5) is 33.9. The normalized spacial score (nSPS) is 42.9. The molecule has 90 valence electrons. The van der Waals surface area contributed by atoms with E-state index >= 15 is 0 Å². The summed E-state index contributed by atoms with van der Waals surface area (Å²) in [6.07, 6.45) is 0. The molecule has 2 aliphatic carbocycles. The van der Waals surface area contributed by atoms with E-state index in [2.05, 4.69) is 4.74 Å². The lowest BCUT2D eigenvalue weighted by Crippen LogP contribution is -2.26. The summed E-state index contributed by atoms with van der Waals surface area (Å²) < 4.78 is 4.41. The molecule has 5 atom stereocenters. The zero-order chi connectivity index (χ0) is 12.5. The molecule has 1 saturated heterocycles. The molecule has 0 radical (unpaired) electrons. The van der Waals surface area contributed by atoms with E-state index in [0.29, 0.717) is 0 Å². The Morgan fingerprint density at radius 3 is 1.71 bits per heavy atom. The minimum atomic E-state index is -1.24. The van der Waals surface area contributed by atoms with Crippen LogP contribution in [0, 0.1) is 29.6 Å². The Balaban J connectivity index is 2.14. The molecule has 1 heterocycles. The average Bonchev–Trinajstić information content (AvgIpc) is 2.80. The molecule has 7 heteroatoms. The number of rotatable bonds is 1. The maximum Gasteiger partial charge on any atom is 0.318 e. The molecule has 17 heavy (non-hydrogen) atoms. The first kappa shape index (κ1) is 10.1. The van der Waals surface area contributed by atoms with Gasteiger partial charge in [0.25, 0.3) is 0 Å². The lowest BCUT2D eigenvalue weighted by molar-refractivity contribution is -0.156. The summed E-state index contributed by atoms with van der Waals surface area (Å²) in [6, 6.07) is 0. The van der Waals surface area contributed by atoms with Crippen molar-refractivity contribution in [1.82, 2.24) is 0 Å². The van der Waals surface area contributed by atoms with Crippen LogP contribution in [0.5, 0.6) is 0 Å². The molecule has 7 nitrogen and oxygen atoms in total. The number of hydrogen-bond acceptors (Lipinski definition) is 6. The fraction of sp³-hybridized carbons (Fsp3) is 0.500. The first-order valence-corrected chi connectivity index (χ1v) is 5.05. The molecule has 3 aliphatic rings. The van der Waals surface area contributed by atoms with Crippen molar-refractivity contribution in [3.8, 4) is 0 Å². The van der Waals surface area contributed by atoms with E-state index in [4.69, 9.17) is 5.11 Å². The molecular weight excluding hydrogens is 232 g/mol. The third kappa shape index (κ3) is 0.943. The first-order chi connectivity index (χ1) is 7.95. The van der Waals surface area contributed by atoms with Crippen LogP contribution >= 0.6 is 0 Å². The summed E-state index contributed by atoms with van der Waals surface area (Å²) in [7, 11) is 0. The van der Waals surface area contributed by atoms with Crippen molar-refractivity contribution in [1.29, 1.82) is 0 Å². The van der Waals surface area contributed by atoms with Crippen LogP contribution in [0.15, 0.2) is 11.5 Å². The third-order valence-corrected chi connectivity index (χ3v) is 3.86. The highest BCUT2D eigenvalue weighted by Gasteiger charge is 2.70. The molecule has 0 aromatic rings. The minimum Gasteiger partial charge on any atom is -0.508 e. The van der Waals surface area contributed by atoms with Crippen molar-refractivity contribution in [3.63, 3.8) is 0 Å². The average molecular weight is 240 g/mol. The molecule has 2 fully saturated rings. The van der Waals surface area contributed by atoms with Gasteiger partial charge in [0.2, 0.25) is 0 Å². The summed E-state index contributed by atoms with van der Waals surface area (Å²) in [5.74, 6) is -9.11. The molecule has 0 aromatic carbocycles. The van der Waals surface area contributed by atoms with Crippen LogP contribution in [-0.2, 0) is 19.1 Å². The fourth-order valence-electron chi connectivity index (χ4n) is 3.27. The van der Waals surface area contributed by atoms with Crippen LogP contribution < -0.4 is 0 Å². The molecular formula is C10H8O7. The third-order valence-electron chi connectivity index (χ3n) is 3.86. The lowest BCUT2D eigenvalue weighted by atomic mass is 9.83. The van der Waals surface area contributed by atoms with E-state index in [9.17, 15) is 24.6 Å². The number of carbonyl (C=O) groups excluding carboxylic acids is 2. The van der Waals surface area contributed by atoms with Crippen LogP contribution in [-0.4, -0.2) is 33.2 Å². The highest BCUT2D eigenvalue weighted by atomic mass is 16.6. The van der Waals surface area contributed by atoms with Gasteiger partial charge < -0.3 is 20.1 Å². The van der Waals surface area contributed by atoms with Crippen molar-refractivity contribution in [3.05, 3.63) is 11.5 Å². The second-order valence-electron chi connectivity index (χ2n) is 4.48. The van der Waals surface area contributed by atoms with Crippen LogP contribution in [0.3, 0.4) is 0 Å². The number of ether oxygens (including phenoxy) is 1. The smallest absolute Gasteiger partial charge is 0.318 e. The zero-order valence-corrected chi connectivity index (χ0v) is 8.36. The first-order valence-electron chi connectivity index (χ1n) is 5.05. The van der Waals surface area contributed by atoms with E-state index in [1.807, 2.05) is 0 Å². The highest BCUT2D eigenvalue weighted by Crippen LogP contribution is 2.60. The molecule has 3 N–H and O–H groups in total. The Bertz CT molecular complexity index is 455. The molecule has 0 amide bonds. The number of esters is 2. The molecule has 3 rings (SSSR count). The van der Waals surface area contributed by atoms with Crippen molar-refractivity contribution in [2.45, 2.75) is 0 Å². The Kier molecular flexibility index (Phi) is 1.66. The van der Waals surface area contributed by atoms with Gasteiger partial charge in [0.05, 0.1) is 17.8 Å². The topological polar surface area (TPSA) is 121 Å². The van der Waals surface area contributed by atoms with E-state index in [0.717, 1.165) is 0 Å². The van der Waals surface area contributed by atoms with Gasteiger partial charge in [0, 0.05) is 11.8 Å². The molecule has 1 saturated carbocycles. The predicted octanol–water partition coefficient (Wildman–Crippen LogP) is -0.410. The Labute approximate surface area is 94.3 Å². The number of aliphatic hydroxyl groups excluding tert-OH is 2. The number of aliphatic hydroxyl groups is 2. The number of carbonyl (C=O) groups is 3. The van der Waals surface area contributed by atoms with Gasteiger partial charge in [-0.2, -0.15) is 0 Å². The lowest BCUT2D eigenvalue weighted by Gasteiger charge is -2.18. The standard InChI is InChI=1S/C10H8O7/c11-6-1-3(8(13)14)2(7(6)12)5-4(1)9(15)17-10(5)16/h1-5,11-12H,(H,13,14)/t1-,2+,3?,4-,5+. The molecule has 2 bridgehead atoms. The second-order valence-corrected chi connectivity index (χ2v) is 4.48. The summed E-state index contributed by atoms with van der Waals surface area (Å²) in [5.41, 5.74) is 0. The number of aliphatic carboxylic acids is 1. The van der Waals surface area contributed by atoms with Crippen LogP contribution in [0.4, 0.5) is 0 Å². The van der Waals surface area contributed by atoms with E-state index in [1.54, 1.807) is 0 Å². The Morgan fingerprint density at radius 1 is 0.941 bits per heavy atom. The van der Waals surface area contributed by atoms with Crippen molar-refractivity contribution in [2.75, 3.05) is 0 Å². The number of carboxylic acids is 1. The molecule has 0 aromatic heterocycles. The van der Waals surface area contributed by atoms with Gasteiger partial charge in [0.15, 0.2) is 0 Å². The quantitative estimate of drug-likeness (QED) is 0.420. The van der Waals surface area contributed by atoms with Crippen LogP contribution in [0.1, 0.15) is 0 Å². The van der Waals surface area contributed by atoms with Gasteiger partial charge in [-0.1, -0.05) is 0 Å². The Morgan fingerprint density at radius 2 is 1.35 bits per heavy atom. The summed E-state index contributed by atoms with van der Waals surface area (Å²) in [6.45, 7) is 0. The van der Waals surface area contributed by atoms with Gasteiger partial charge in [-0.15, -0.1) is 0 Å². The van der Waals surface area contributed by atoms with E-state index < -0.39 is 59.0 Å². The molecule has 0 spiro atoms. The SMILES string of the molecule is O=C(O)C1[C@H]2C(O)=C(O)[C@@H]1[C@@H]1C(=O)OC(=O)[C@@H]12. The second kappa shape index (κ2) is 2.79. The number of carboxylic acid groups (broad SMARTS) is 1. The van der Waals surface area contributed by atoms with E-state index in [-0.39, 0.29) is 0 Å². The highest BCUT2D eigenvalue weighted by molar-refractivity contribution is 5.99. The van der Waals surface area contributed by atoms with E-state index in [1.165, 1.54) is 0 Å². The van der Waals surface area contributed by atoms with Gasteiger partial charge in [-0.3, -0.25) is 14.4 Å². The largest absolute Gasteiger partial charge is 0.508 e. The molecule has 1 unspecified atom stereocenters. The number of fused-ring (bicyclic) bond motifs is 5. The minimum absolute atomic E-state index is 0.504. The van der Waals surface area contributed by atoms with Gasteiger partial charge in [-0.25, -0.2) is 0 Å². The maximum absolute atomic E-state index is 11.4. The number of cyclic esters (lactones) is 2. The fourth-order valence-corrected chi connectivity index (χ4v) is 3.27. The van der Waals surface area contributed by atoms with Crippen molar-refractivity contribution >= 4 is 17.9 Å². The van der Waals surface area contributed by atoms with Crippen molar-refractivity contribution in [2.24, 2.45) is 29.6 Å². The summed E-state index contributed by atoms with van der Waals surface area (Å²) in [5, 5.41) is 28.3. The molecule has 1 aliphatic heterocycles. The van der Waals surface area contributed by atoms with Gasteiger partial charge >= 0.3 is 17.9 Å². The summed E-state index contributed by atoms with van der Waals surface area (Å²) >= 11 is 0. The Hall–Kier alpha value is -2.05. The maximum atomic E-state index is 11.4. The number of hydrogen-bond donors (Lipinski definition) is 3. The van der Waals surface area contributed by atoms with Crippen molar-refractivity contribution < 1.29 is 34.4 Å². The van der Waals surface area contributed by atoms with Gasteiger partial charge in [0.1, 0.15) is 11.5 Å². The predicted molar refractivity (Wildman–Crippen MR) is 48.5 cm³/mol. The van der Waals surface area contributed by atoms with Crippen LogP contribution in [0.25, 0.3) is 0 Å². The monoisotopic (exact) mass is 240 g/mol. The number of allylic oxidation sites excluding steroid dienone is 2. The zero-order valence-electron chi connectivity index (χ0n) is 8.36. The van der Waals surface area contributed by atoms with Gasteiger partial charge in [-0.05, 0) is 0 Å². The van der Waals surface area contributed by atoms with Crippen LogP contribution in [0.2, 0.25) is 0 Å².